The molecule has 1 amide bonds. The van der Waals surface area contributed by atoms with E-state index in [1.165, 1.54) is 11.8 Å². The maximum absolute atomic E-state index is 11.0. The fraction of sp³-hybridized carbons (Fsp3) is 0.143. The predicted octanol–water partition coefficient (Wildman–Crippen LogP) is 4.02. The van der Waals surface area contributed by atoms with Crippen LogP contribution in [0.3, 0.4) is 0 Å². The van der Waals surface area contributed by atoms with Crippen molar-refractivity contribution in [2.24, 2.45) is 5.73 Å². The Morgan fingerprint density at radius 1 is 1.00 bits per heavy atom. The summed E-state index contributed by atoms with van der Waals surface area (Å²) in [4.78, 5) is 15.1. The van der Waals surface area contributed by atoms with Gasteiger partial charge in [-0.05, 0) is 48.7 Å². The summed E-state index contributed by atoms with van der Waals surface area (Å²) in [6, 6.07) is 21.4. The Bertz CT molecular complexity index is 831. The highest BCUT2D eigenvalue weighted by Crippen LogP contribution is 2.20. The number of ether oxygens (including phenoxy) is 1. The molecule has 1 aromatic heterocycles. The third kappa shape index (κ3) is 5.08. The maximum atomic E-state index is 11.0. The molecule has 0 aliphatic heterocycles. The molecule has 0 saturated carbocycles. The van der Waals surface area contributed by atoms with E-state index in [4.69, 9.17) is 10.5 Å². The highest BCUT2D eigenvalue weighted by Gasteiger charge is 2.03. The van der Waals surface area contributed by atoms with Crippen molar-refractivity contribution in [2.45, 2.75) is 12.8 Å². The molecule has 2 aromatic carbocycles. The molecule has 1 heterocycles. The number of amides is 1. The van der Waals surface area contributed by atoms with Gasteiger partial charge in [-0.3, -0.25) is 4.79 Å². The minimum atomic E-state index is -0.504. The SMILES string of the molecule is NC(=O)c1ccc(Oc2ccc(CCCNc3ccccc3)cc2)nc1. The monoisotopic (exact) mass is 347 g/mol. The van der Waals surface area contributed by atoms with Crippen molar-refractivity contribution in [1.82, 2.24) is 4.98 Å². The number of aryl methyl sites for hydroxylation is 1. The standard InChI is InChI=1S/C21H21N3O2/c22-21(25)17-10-13-20(24-15-17)26-19-11-8-16(9-12-19)5-4-14-23-18-6-2-1-3-7-18/h1-3,6-13,15,23H,4-5,14H2,(H2,22,25). The topological polar surface area (TPSA) is 77.2 Å². The van der Waals surface area contributed by atoms with Crippen LogP contribution in [0.5, 0.6) is 11.6 Å². The minimum Gasteiger partial charge on any atom is -0.439 e. The summed E-state index contributed by atoms with van der Waals surface area (Å²) in [6.45, 7) is 0.929. The second-order valence-electron chi connectivity index (χ2n) is 5.89. The Morgan fingerprint density at radius 3 is 2.42 bits per heavy atom. The predicted molar refractivity (Wildman–Crippen MR) is 103 cm³/mol. The van der Waals surface area contributed by atoms with Crippen LogP contribution in [0.4, 0.5) is 5.69 Å². The number of nitrogens with zero attached hydrogens (tertiary/aromatic N) is 1. The second kappa shape index (κ2) is 8.67. The van der Waals surface area contributed by atoms with Crippen LogP contribution in [0.1, 0.15) is 22.3 Å². The lowest BCUT2D eigenvalue weighted by Crippen LogP contribution is -2.10. The molecule has 3 rings (SSSR count). The number of anilines is 1. The first kappa shape index (κ1) is 17.5. The van der Waals surface area contributed by atoms with Gasteiger partial charge in [0.2, 0.25) is 11.8 Å². The van der Waals surface area contributed by atoms with E-state index in [0.29, 0.717) is 17.2 Å². The molecule has 0 fully saturated rings. The van der Waals surface area contributed by atoms with Crippen LogP contribution in [0.15, 0.2) is 72.9 Å². The number of benzene rings is 2. The molecule has 0 bridgehead atoms. The number of carbonyl (C=O) groups excluding carboxylic acids is 1. The summed E-state index contributed by atoms with van der Waals surface area (Å²) >= 11 is 0. The van der Waals surface area contributed by atoms with Gasteiger partial charge in [0.05, 0.1) is 5.56 Å². The van der Waals surface area contributed by atoms with E-state index in [1.807, 2.05) is 30.3 Å². The van der Waals surface area contributed by atoms with Gasteiger partial charge >= 0.3 is 0 Å². The van der Waals surface area contributed by atoms with E-state index in [9.17, 15) is 4.79 Å². The summed E-state index contributed by atoms with van der Waals surface area (Å²) in [5, 5.41) is 3.41. The zero-order chi connectivity index (χ0) is 18.2. The van der Waals surface area contributed by atoms with Crippen molar-refractivity contribution in [3.63, 3.8) is 0 Å². The van der Waals surface area contributed by atoms with E-state index in [1.54, 1.807) is 12.1 Å². The third-order valence-electron chi connectivity index (χ3n) is 3.91. The van der Waals surface area contributed by atoms with E-state index < -0.39 is 5.91 Å². The lowest BCUT2D eigenvalue weighted by molar-refractivity contribution is 0.1000. The van der Waals surface area contributed by atoms with Gasteiger partial charge in [-0.25, -0.2) is 4.98 Å². The molecular weight excluding hydrogens is 326 g/mol. The van der Waals surface area contributed by atoms with Gasteiger partial charge in [-0.1, -0.05) is 30.3 Å². The van der Waals surface area contributed by atoms with Crippen LogP contribution in [-0.2, 0) is 6.42 Å². The normalized spacial score (nSPS) is 10.3. The molecule has 0 unspecified atom stereocenters. The fourth-order valence-electron chi connectivity index (χ4n) is 2.51. The molecule has 0 atom stereocenters. The van der Waals surface area contributed by atoms with Crippen LogP contribution >= 0.6 is 0 Å². The zero-order valence-corrected chi connectivity index (χ0v) is 14.4. The lowest BCUT2D eigenvalue weighted by Gasteiger charge is -2.08. The van der Waals surface area contributed by atoms with Gasteiger partial charge in [-0.15, -0.1) is 0 Å². The number of pyridine rings is 1. The van der Waals surface area contributed by atoms with Gasteiger partial charge < -0.3 is 15.8 Å². The molecule has 0 aliphatic rings. The Hall–Kier alpha value is -3.34. The van der Waals surface area contributed by atoms with Crippen molar-refractivity contribution in [3.05, 3.63) is 84.1 Å². The Morgan fingerprint density at radius 2 is 1.77 bits per heavy atom. The number of rotatable bonds is 8. The Labute approximate surface area is 152 Å². The van der Waals surface area contributed by atoms with Crippen LogP contribution in [0, 0.1) is 0 Å². The highest BCUT2D eigenvalue weighted by atomic mass is 16.5. The quantitative estimate of drug-likeness (QED) is 0.603. The highest BCUT2D eigenvalue weighted by molar-refractivity contribution is 5.92. The maximum Gasteiger partial charge on any atom is 0.250 e. The van der Waals surface area contributed by atoms with Gasteiger partial charge in [0.15, 0.2) is 0 Å². The number of para-hydroxylation sites is 1. The van der Waals surface area contributed by atoms with Crippen LogP contribution in [0.25, 0.3) is 0 Å². The second-order valence-corrected chi connectivity index (χ2v) is 5.89. The Kier molecular flexibility index (Phi) is 5.83. The molecule has 5 nitrogen and oxygen atoms in total. The van der Waals surface area contributed by atoms with E-state index in [-0.39, 0.29) is 0 Å². The molecule has 26 heavy (non-hydrogen) atoms. The third-order valence-corrected chi connectivity index (χ3v) is 3.91. The van der Waals surface area contributed by atoms with Crippen LogP contribution in [0.2, 0.25) is 0 Å². The zero-order valence-electron chi connectivity index (χ0n) is 14.4. The molecule has 5 heteroatoms. The number of primary amides is 1. The fourth-order valence-corrected chi connectivity index (χ4v) is 2.51. The van der Waals surface area contributed by atoms with Crippen molar-refractivity contribution in [1.29, 1.82) is 0 Å². The smallest absolute Gasteiger partial charge is 0.250 e. The number of carbonyl (C=O) groups is 1. The van der Waals surface area contributed by atoms with E-state index in [2.05, 4.69) is 34.6 Å². The number of nitrogens with one attached hydrogen (secondary N) is 1. The molecule has 3 aromatic rings. The summed E-state index contributed by atoms with van der Waals surface area (Å²) < 4.78 is 5.68. The van der Waals surface area contributed by atoms with E-state index >= 15 is 0 Å². The molecule has 3 N–H and O–H groups in total. The molecule has 0 radical (unpaired) electrons. The number of hydrogen-bond acceptors (Lipinski definition) is 4. The molecule has 0 spiro atoms. The van der Waals surface area contributed by atoms with Crippen LogP contribution < -0.4 is 15.8 Å². The largest absolute Gasteiger partial charge is 0.439 e. The van der Waals surface area contributed by atoms with E-state index in [0.717, 1.165) is 25.1 Å². The van der Waals surface area contributed by atoms with Crippen molar-refractivity contribution in [2.75, 3.05) is 11.9 Å². The first-order valence-electron chi connectivity index (χ1n) is 8.52. The first-order valence-corrected chi connectivity index (χ1v) is 8.52. The van der Waals surface area contributed by atoms with Gasteiger partial charge in [0, 0.05) is 24.5 Å². The van der Waals surface area contributed by atoms with Crippen LogP contribution in [-0.4, -0.2) is 17.4 Å². The summed E-state index contributed by atoms with van der Waals surface area (Å²) in [6.07, 6.45) is 3.45. The number of hydrogen-bond donors (Lipinski definition) is 2. The van der Waals surface area contributed by atoms with Crippen molar-refractivity contribution < 1.29 is 9.53 Å². The molecule has 132 valence electrons. The van der Waals surface area contributed by atoms with Crippen molar-refractivity contribution >= 4 is 11.6 Å². The summed E-state index contributed by atoms with van der Waals surface area (Å²) in [5.41, 5.74) is 7.95. The number of aromatic nitrogens is 1. The molecule has 0 aliphatic carbocycles. The number of nitrogens with two attached hydrogens (primary N) is 1. The van der Waals surface area contributed by atoms with Gasteiger partial charge in [0.25, 0.3) is 0 Å². The average Bonchev–Trinajstić information content (AvgIpc) is 2.68. The summed E-state index contributed by atoms with van der Waals surface area (Å²) in [7, 11) is 0. The lowest BCUT2D eigenvalue weighted by atomic mass is 10.1. The van der Waals surface area contributed by atoms with Gasteiger partial charge in [0.1, 0.15) is 5.75 Å². The van der Waals surface area contributed by atoms with Crippen molar-refractivity contribution in [3.8, 4) is 11.6 Å². The first-order chi connectivity index (χ1) is 12.7. The molecule has 0 saturated heterocycles. The minimum absolute atomic E-state index is 0.358. The summed E-state index contributed by atoms with van der Waals surface area (Å²) in [5.74, 6) is 0.625. The Balaban J connectivity index is 1.46. The van der Waals surface area contributed by atoms with Gasteiger partial charge in [-0.2, -0.15) is 0 Å². The average molecular weight is 347 g/mol. The molecular formula is C21H21N3O2.